The highest BCUT2D eigenvalue weighted by atomic mass is 35.5. The van der Waals surface area contributed by atoms with E-state index >= 15 is 0 Å². The van der Waals surface area contributed by atoms with Crippen LogP contribution in [0.5, 0.6) is 0 Å². The van der Waals surface area contributed by atoms with Gasteiger partial charge in [-0.3, -0.25) is 10.1 Å². The molecule has 0 aliphatic carbocycles. The van der Waals surface area contributed by atoms with Crippen molar-refractivity contribution in [3.05, 3.63) is 47.9 Å². The van der Waals surface area contributed by atoms with Gasteiger partial charge in [0.2, 0.25) is 0 Å². The molecule has 0 saturated carbocycles. The average Bonchev–Trinajstić information content (AvgIpc) is 2.72. The van der Waals surface area contributed by atoms with E-state index in [1.807, 2.05) is 20.8 Å². The van der Waals surface area contributed by atoms with Crippen LogP contribution in [-0.4, -0.2) is 9.91 Å². The van der Waals surface area contributed by atoms with Gasteiger partial charge in [-0.15, -0.1) is 11.3 Å². The van der Waals surface area contributed by atoms with Gasteiger partial charge < -0.3 is 5.32 Å². The van der Waals surface area contributed by atoms with Gasteiger partial charge in [-0.05, 0) is 26.8 Å². The number of anilines is 1. The number of rotatable bonds is 4. The number of nitro groups is 1. The fraction of sp³-hybridized carbons (Fsp3) is 0.308. The summed E-state index contributed by atoms with van der Waals surface area (Å²) >= 11 is 13.4. The zero-order valence-corrected chi connectivity index (χ0v) is 13.9. The summed E-state index contributed by atoms with van der Waals surface area (Å²) in [5, 5.41) is 15.6. The number of aryl methyl sites for hydroxylation is 2. The third kappa shape index (κ3) is 3.45. The number of nitro benzene ring substituents is 1. The fourth-order valence-electron chi connectivity index (χ4n) is 2.05. The number of nitrogens with one attached hydrogen (secondary N) is 1. The molecule has 0 spiro atoms. The maximum atomic E-state index is 11.1. The van der Waals surface area contributed by atoms with Gasteiger partial charge in [-0.1, -0.05) is 23.2 Å². The van der Waals surface area contributed by atoms with E-state index in [1.54, 1.807) is 11.3 Å². The maximum Gasteiger partial charge on any atom is 0.293 e. The monoisotopic (exact) mass is 345 g/mol. The predicted molar refractivity (Wildman–Crippen MR) is 86.7 cm³/mol. The molecular formula is C13H13Cl2N3O2S. The van der Waals surface area contributed by atoms with Gasteiger partial charge in [0, 0.05) is 10.9 Å². The Labute approximate surface area is 136 Å². The van der Waals surface area contributed by atoms with Crippen molar-refractivity contribution >= 4 is 45.9 Å². The largest absolute Gasteiger partial charge is 0.372 e. The van der Waals surface area contributed by atoms with Crippen molar-refractivity contribution in [1.29, 1.82) is 0 Å². The van der Waals surface area contributed by atoms with Crippen LogP contribution in [-0.2, 0) is 0 Å². The lowest BCUT2D eigenvalue weighted by Crippen LogP contribution is -2.08. The van der Waals surface area contributed by atoms with E-state index < -0.39 is 4.92 Å². The van der Waals surface area contributed by atoms with Crippen LogP contribution in [0.1, 0.15) is 28.5 Å². The first-order valence-corrected chi connectivity index (χ1v) is 7.70. The summed E-state index contributed by atoms with van der Waals surface area (Å²) in [6.45, 7) is 5.77. The van der Waals surface area contributed by atoms with Gasteiger partial charge in [0.25, 0.3) is 5.69 Å². The van der Waals surface area contributed by atoms with E-state index in [0.29, 0.717) is 5.69 Å². The molecule has 1 aromatic heterocycles. The molecule has 0 fully saturated rings. The number of aromatic nitrogens is 1. The van der Waals surface area contributed by atoms with Crippen LogP contribution >= 0.6 is 34.5 Å². The van der Waals surface area contributed by atoms with Crippen LogP contribution in [0.15, 0.2) is 12.1 Å². The molecule has 0 aliphatic heterocycles. The molecule has 1 atom stereocenters. The number of hydrogen-bond donors (Lipinski definition) is 1. The number of thiazole rings is 1. The molecule has 112 valence electrons. The quantitative estimate of drug-likeness (QED) is 0.614. The number of hydrogen-bond acceptors (Lipinski definition) is 5. The molecule has 8 heteroatoms. The van der Waals surface area contributed by atoms with Crippen molar-refractivity contribution in [3.8, 4) is 0 Å². The van der Waals surface area contributed by atoms with Crippen molar-refractivity contribution in [2.75, 3.05) is 5.32 Å². The second-order valence-corrected chi connectivity index (χ2v) is 6.64. The Morgan fingerprint density at radius 1 is 1.33 bits per heavy atom. The average molecular weight is 346 g/mol. The highest BCUT2D eigenvalue weighted by Gasteiger charge is 2.20. The summed E-state index contributed by atoms with van der Waals surface area (Å²) in [7, 11) is 0. The van der Waals surface area contributed by atoms with Crippen molar-refractivity contribution in [2.45, 2.75) is 26.8 Å². The molecule has 1 N–H and O–H groups in total. The zero-order chi connectivity index (χ0) is 15.7. The Kier molecular flexibility index (Phi) is 4.70. The summed E-state index contributed by atoms with van der Waals surface area (Å²) in [6.07, 6.45) is 0. The van der Waals surface area contributed by atoms with E-state index in [4.69, 9.17) is 23.2 Å². The van der Waals surface area contributed by atoms with Gasteiger partial charge in [0.15, 0.2) is 0 Å². The third-order valence-corrected chi connectivity index (χ3v) is 4.92. The summed E-state index contributed by atoms with van der Waals surface area (Å²) < 4.78 is 0. The Balaban J connectivity index is 2.36. The molecule has 1 aromatic carbocycles. The summed E-state index contributed by atoms with van der Waals surface area (Å²) in [5.41, 5.74) is 1.16. The smallest absolute Gasteiger partial charge is 0.293 e. The van der Waals surface area contributed by atoms with Crippen LogP contribution in [0.2, 0.25) is 10.0 Å². The van der Waals surface area contributed by atoms with Crippen LogP contribution < -0.4 is 5.32 Å². The lowest BCUT2D eigenvalue weighted by atomic mass is 10.2. The topological polar surface area (TPSA) is 68.1 Å². The molecule has 1 heterocycles. The molecule has 0 radical (unpaired) electrons. The van der Waals surface area contributed by atoms with Gasteiger partial charge >= 0.3 is 0 Å². The lowest BCUT2D eigenvalue weighted by Gasteiger charge is -2.15. The van der Waals surface area contributed by atoms with Crippen LogP contribution in [0.25, 0.3) is 0 Å². The van der Waals surface area contributed by atoms with Gasteiger partial charge in [-0.25, -0.2) is 4.98 Å². The molecule has 1 unspecified atom stereocenters. The molecule has 21 heavy (non-hydrogen) atoms. The molecule has 2 aromatic rings. The first kappa shape index (κ1) is 16.0. The summed E-state index contributed by atoms with van der Waals surface area (Å²) in [6, 6.07) is 2.61. The molecule has 2 rings (SSSR count). The minimum absolute atomic E-state index is 0.102. The van der Waals surface area contributed by atoms with E-state index in [0.717, 1.165) is 15.6 Å². The Bertz CT molecular complexity index is 703. The van der Waals surface area contributed by atoms with Crippen LogP contribution in [0.4, 0.5) is 11.4 Å². The highest BCUT2D eigenvalue weighted by Crippen LogP contribution is 2.36. The molecule has 0 amide bonds. The fourth-order valence-corrected chi connectivity index (χ4v) is 3.30. The minimum Gasteiger partial charge on any atom is -0.372 e. The van der Waals surface area contributed by atoms with E-state index in [1.165, 1.54) is 12.1 Å². The molecule has 0 saturated heterocycles. The van der Waals surface area contributed by atoms with Crippen LogP contribution in [0, 0.1) is 24.0 Å². The molecule has 5 nitrogen and oxygen atoms in total. The van der Waals surface area contributed by atoms with Gasteiger partial charge in [0.1, 0.15) is 5.69 Å². The Morgan fingerprint density at radius 3 is 2.48 bits per heavy atom. The van der Waals surface area contributed by atoms with E-state index in [-0.39, 0.29) is 21.8 Å². The van der Waals surface area contributed by atoms with Crippen LogP contribution in [0.3, 0.4) is 0 Å². The zero-order valence-electron chi connectivity index (χ0n) is 11.6. The minimum atomic E-state index is -0.484. The number of benzene rings is 1. The Hall–Kier alpha value is -1.37. The van der Waals surface area contributed by atoms with E-state index in [2.05, 4.69) is 10.3 Å². The first-order chi connectivity index (χ1) is 9.79. The number of halogens is 2. The number of nitrogens with zero attached hydrogens (tertiary/aromatic N) is 2. The molecule has 0 aliphatic rings. The first-order valence-electron chi connectivity index (χ1n) is 6.13. The van der Waals surface area contributed by atoms with E-state index in [9.17, 15) is 10.1 Å². The SMILES string of the molecule is Cc1nc(C)c(C(C)Nc2cc(Cl)c(Cl)cc2[N+](=O)[O-])s1. The maximum absolute atomic E-state index is 11.1. The third-order valence-electron chi connectivity index (χ3n) is 2.94. The predicted octanol–water partition coefficient (Wildman–Crippen LogP) is 5.15. The van der Waals surface area contributed by atoms with Crippen molar-refractivity contribution < 1.29 is 4.92 Å². The van der Waals surface area contributed by atoms with Crippen molar-refractivity contribution in [3.63, 3.8) is 0 Å². The second kappa shape index (κ2) is 6.17. The summed E-state index contributed by atoms with van der Waals surface area (Å²) in [5.74, 6) is 0. The normalized spacial score (nSPS) is 12.2. The summed E-state index contributed by atoms with van der Waals surface area (Å²) in [4.78, 5) is 16.0. The lowest BCUT2D eigenvalue weighted by molar-refractivity contribution is -0.384. The van der Waals surface area contributed by atoms with Crippen molar-refractivity contribution in [1.82, 2.24) is 4.98 Å². The highest BCUT2D eigenvalue weighted by molar-refractivity contribution is 7.11. The van der Waals surface area contributed by atoms with Crippen molar-refractivity contribution in [2.24, 2.45) is 0 Å². The second-order valence-electron chi connectivity index (χ2n) is 4.59. The van der Waals surface area contributed by atoms with Gasteiger partial charge in [0.05, 0.1) is 31.7 Å². The van der Waals surface area contributed by atoms with Gasteiger partial charge in [-0.2, -0.15) is 0 Å². The standard InChI is InChI=1S/C13H13Cl2N3O2S/c1-6-13(21-8(3)16-6)7(2)17-11-4-9(14)10(15)5-12(11)18(19)20/h4-5,7,17H,1-3H3. The molecular weight excluding hydrogens is 333 g/mol. The molecule has 0 bridgehead atoms. The Morgan fingerprint density at radius 2 is 1.95 bits per heavy atom.